The number of nitrogens with zero attached hydrogens (tertiary/aromatic N) is 3. The molecule has 0 aliphatic carbocycles. The lowest BCUT2D eigenvalue weighted by Gasteiger charge is -2.30. The molecule has 1 aliphatic rings. The minimum atomic E-state index is -3.77. The lowest BCUT2D eigenvalue weighted by atomic mass is 9.97. The maximum Gasteiger partial charge on any atom is 0.244 e. The van der Waals surface area contributed by atoms with Crippen LogP contribution in [0.15, 0.2) is 23.1 Å². The molecule has 2 aromatic rings. The van der Waals surface area contributed by atoms with Gasteiger partial charge in [-0.15, -0.1) is 10.2 Å². The van der Waals surface area contributed by atoms with E-state index in [1.807, 2.05) is 0 Å². The number of anilines is 1. The molecule has 158 valence electrons. The quantitative estimate of drug-likeness (QED) is 0.677. The van der Waals surface area contributed by atoms with Gasteiger partial charge in [0.15, 0.2) is 0 Å². The number of amides is 1. The Morgan fingerprint density at radius 1 is 1.28 bits per heavy atom. The summed E-state index contributed by atoms with van der Waals surface area (Å²) in [6.45, 7) is 4.66. The molecule has 2 heterocycles. The average molecular weight is 477 g/mol. The van der Waals surface area contributed by atoms with E-state index in [9.17, 15) is 13.2 Å². The molecule has 1 aliphatic heterocycles. The summed E-state index contributed by atoms with van der Waals surface area (Å²) in [5.41, 5.74) is 0. The normalized spacial score (nSPS) is 16.3. The number of benzene rings is 1. The predicted molar refractivity (Wildman–Crippen MR) is 115 cm³/mol. The summed E-state index contributed by atoms with van der Waals surface area (Å²) in [7, 11) is -3.77. The van der Waals surface area contributed by atoms with Crippen LogP contribution in [0.1, 0.15) is 31.7 Å². The molecule has 1 aromatic heterocycles. The van der Waals surface area contributed by atoms with Crippen molar-refractivity contribution in [2.24, 2.45) is 11.8 Å². The van der Waals surface area contributed by atoms with E-state index >= 15 is 0 Å². The summed E-state index contributed by atoms with van der Waals surface area (Å²) in [6.07, 6.45) is 1.65. The molecule has 29 heavy (non-hydrogen) atoms. The van der Waals surface area contributed by atoms with Crippen LogP contribution in [0.2, 0.25) is 10.0 Å². The summed E-state index contributed by atoms with van der Waals surface area (Å²) in [6, 6.07) is 4.36. The van der Waals surface area contributed by atoms with E-state index in [1.54, 1.807) is 6.07 Å². The molecule has 11 heteroatoms. The van der Waals surface area contributed by atoms with Gasteiger partial charge in [0.2, 0.25) is 21.1 Å². The Hall–Kier alpha value is -1.26. The highest BCUT2D eigenvalue weighted by Gasteiger charge is 2.33. The maximum atomic E-state index is 12.9. The molecule has 0 bridgehead atoms. The van der Waals surface area contributed by atoms with Gasteiger partial charge in [-0.05, 0) is 37.0 Å². The van der Waals surface area contributed by atoms with Gasteiger partial charge < -0.3 is 5.32 Å². The SMILES string of the molecule is CC(C)Cc1nnc(NC(=O)C2CCN(S(=O)(=O)c3cc(Cl)ccc3Cl)CC2)s1. The maximum absolute atomic E-state index is 12.9. The third kappa shape index (κ3) is 5.46. The molecule has 0 spiro atoms. The topological polar surface area (TPSA) is 92.3 Å². The lowest BCUT2D eigenvalue weighted by Crippen LogP contribution is -2.41. The molecule has 1 N–H and O–H groups in total. The van der Waals surface area contributed by atoms with E-state index < -0.39 is 10.0 Å². The van der Waals surface area contributed by atoms with Gasteiger partial charge in [-0.3, -0.25) is 4.79 Å². The summed E-state index contributed by atoms with van der Waals surface area (Å²) in [5, 5.41) is 12.7. The zero-order valence-corrected chi connectivity index (χ0v) is 19.2. The van der Waals surface area contributed by atoms with Crippen LogP contribution in [0, 0.1) is 11.8 Å². The number of hydrogen-bond acceptors (Lipinski definition) is 6. The first kappa shape index (κ1) is 22.4. The number of piperidine rings is 1. The fourth-order valence-electron chi connectivity index (χ4n) is 3.12. The molecule has 1 fully saturated rings. The summed E-state index contributed by atoms with van der Waals surface area (Å²) in [5.74, 6) is 0.0228. The first-order chi connectivity index (χ1) is 13.7. The molecule has 0 unspecified atom stereocenters. The number of rotatable bonds is 6. The standard InChI is InChI=1S/C18H22Cl2N4O3S2/c1-11(2)9-16-22-23-18(28-16)21-17(25)12-5-7-24(8-6-12)29(26,27)15-10-13(19)3-4-14(15)20/h3-4,10-12H,5-9H2,1-2H3,(H,21,23,25). The largest absolute Gasteiger partial charge is 0.300 e. The van der Waals surface area contributed by atoms with Crippen molar-refractivity contribution in [3.63, 3.8) is 0 Å². The van der Waals surface area contributed by atoms with Crippen LogP contribution >= 0.6 is 34.5 Å². The predicted octanol–water partition coefficient (Wildman–Crippen LogP) is 4.08. The van der Waals surface area contributed by atoms with E-state index in [2.05, 4.69) is 29.4 Å². The van der Waals surface area contributed by atoms with E-state index in [1.165, 1.54) is 27.8 Å². The van der Waals surface area contributed by atoms with Crippen molar-refractivity contribution in [1.82, 2.24) is 14.5 Å². The van der Waals surface area contributed by atoms with Crippen molar-refractivity contribution in [3.8, 4) is 0 Å². The van der Waals surface area contributed by atoms with Crippen molar-refractivity contribution in [2.45, 2.75) is 38.0 Å². The number of carbonyl (C=O) groups is 1. The Morgan fingerprint density at radius 2 is 1.97 bits per heavy atom. The Morgan fingerprint density at radius 3 is 2.62 bits per heavy atom. The molecule has 1 saturated heterocycles. The van der Waals surface area contributed by atoms with E-state index in [0.717, 1.165) is 11.4 Å². The molecule has 0 radical (unpaired) electrons. The lowest BCUT2D eigenvalue weighted by molar-refractivity contribution is -0.120. The molecular weight excluding hydrogens is 455 g/mol. The Balaban J connectivity index is 1.60. The Labute approximate surface area is 184 Å². The number of sulfonamides is 1. The van der Waals surface area contributed by atoms with Crippen LogP contribution in [-0.4, -0.2) is 41.9 Å². The molecule has 3 rings (SSSR count). The second-order valence-electron chi connectivity index (χ2n) is 7.34. The van der Waals surface area contributed by atoms with Crippen LogP contribution in [0.25, 0.3) is 0 Å². The van der Waals surface area contributed by atoms with Crippen molar-refractivity contribution in [3.05, 3.63) is 33.3 Å². The van der Waals surface area contributed by atoms with Gasteiger partial charge in [0.05, 0.1) is 5.02 Å². The third-order valence-corrected chi connectivity index (χ3v) is 8.09. The van der Waals surface area contributed by atoms with Crippen molar-refractivity contribution >= 4 is 55.6 Å². The van der Waals surface area contributed by atoms with Gasteiger partial charge in [-0.25, -0.2) is 8.42 Å². The minimum Gasteiger partial charge on any atom is -0.300 e. The smallest absolute Gasteiger partial charge is 0.244 e. The number of nitrogens with one attached hydrogen (secondary N) is 1. The number of carbonyl (C=O) groups excluding carboxylic acids is 1. The number of hydrogen-bond donors (Lipinski definition) is 1. The first-order valence-corrected chi connectivity index (χ1v) is 12.3. The van der Waals surface area contributed by atoms with Gasteiger partial charge in [-0.1, -0.05) is 48.4 Å². The second-order valence-corrected chi connectivity index (χ2v) is 11.2. The van der Waals surface area contributed by atoms with Gasteiger partial charge in [0.1, 0.15) is 9.90 Å². The van der Waals surface area contributed by atoms with E-state index in [-0.39, 0.29) is 34.8 Å². The van der Waals surface area contributed by atoms with Crippen LogP contribution in [0.5, 0.6) is 0 Å². The fourth-order valence-corrected chi connectivity index (χ4v) is 6.28. The monoisotopic (exact) mass is 476 g/mol. The van der Waals surface area contributed by atoms with Gasteiger partial charge in [0, 0.05) is 30.5 Å². The Kier molecular flexibility index (Phi) is 7.16. The summed E-state index contributed by atoms with van der Waals surface area (Å²) in [4.78, 5) is 12.5. The van der Waals surface area contributed by atoms with Crippen molar-refractivity contribution in [1.29, 1.82) is 0 Å². The van der Waals surface area contributed by atoms with Gasteiger partial charge in [0.25, 0.3) is 0 Å². The highest BCUT2D eigenvalue weighted by Crippen LogP contribution is 2.31. The van der Waals surface area contributed by atoms with E-state index in [4.69, 9.17) is 23.2 Å². The fraction of sp³-hybridized carbons (Fsp3) is 0.500. The number of halogens is 2. The molecule has 0 saturated carbocycles. The molecular formula is C18H22Cl2N4O3S2. The molecule has 7 nitrogen and oxygen atoms in total. The molecule has 1 amide bonds. The zero-order chi connectivity index (χ0) is 21.2. The average Bonchev–Trinajstić information content (AvgIpc) is 3.09. The summed E-state index contributed by atoms with van der Waals surface area (Å²) < 4.78 is 27.1. The van der Waals surface area contributed by atoms with Crippen LogP contribution in [-0.2, 0) is 21.2 Å². The van der Waals surface area contributed by atoms with Crippen LogP contribution in [0.4, 0.5) is 5.13 Å². The summed E-state index contributed by atoms with van der Waals surface area (Å²) >= 11 is 13.4. The van der Waals surface area contributed by atoms with Crippen molar-refractivity contribution < 1.29 is 13.2 Å². The van der Waals surface area contributed by atoms with Crippen LogP contribution < -0.4 is 5.32 Å². The zero-order valence-electron chi connectivity index (χ0n) is 16.1. The highest BCUT2D eigenvalue weighted by molar-refractivity contribution is 7.89. The highest BCUT2D eigenvalue weighted by atomic mass is 35.5. The third-order valence-electron chi connectivity index (χ3n) is 4.62. The molecule has 1 aromatic carbocycles. The second kappa shape index (κ2) is 9.26. The first-order valence-electron chi connectivity index (χ1n) is 9.25. The van der Waals surface area contributed by atoms with Gasteiger partial charge in [-0.2, -0.15) is 4.31 Å². The van der Waals surface area contributed by atoms with Crippen molar-refractivity contribution in [2.75, 3.05) is 18.4 Å². The van der Waals surface area contributed by atoms with Gasteiger partial charge >= 0.3 is 0 Å². The number of aromatic nitrogens is 2. The molecule has 0 atom stereocenters. The Bertz CT molecular complexity index is 987. The van der Waals surface area contributed by atoms with E-state index in [0.29, 0.717) is 28.9 Å². The minimum absolute atomic E-state index is 0.0129. The van der Waals surface area contributed by atoms with Crippen LogP contribution in [0.3, 0.4) is 0 Å².